The Morgan fingerprint density at radius 2 is 2.17 bits per heavy atom. The van der Waals surface area contributed by atoms with Gasteiger partial charge in [-0.1, -0.05) is 18.2 Å². The molecule has 1 aromatic carbocycles. The lowest BCUT2D eigenvalue weighted by Crippen LogP contribution is -2.29. The Balaban J connectivity index is 2.23. The van der Waals surface area contributed by atoms with Crippen LogP contribution in [-0.4, -0.2) is 7.11 Å². The monoisotopic (exact) mass is 266 g/mol. The van der Waals surface area contributed by atoms with Gasteiger partial charge in [0.1, 0.15) is 5.75 Å². The van der Waals surface area contributed by atoms with Crippen molar-refractivity contribution in [1.29, 1.82) is 0 Å². The van der Waals surface area contributed by atoms with Gasteiger partial charge < -0.3 is 9.15 Å². The Morgan fingerprint density at radius 3 is 2.78 bits per heavy atom. The molecule has 0 saturated heterocycles. The molecule has 0 amide bonds. The average molecular weight is 267 g/mol. The molecule has 1 unspecified atom stereocenters. The number of hydrazine groups is 1. The summed E-state index contributed by atoms with van der Waals surface area (Å²) in [5.74, 6) is 6.41. The van der Waals surface area contributed by atoms with E-state index >= 15 is 0 Å². The first-order chi connectivity index (χ1) is 8.76. The van der Waals surface area contributed by atoms with Gasteiger partial charge in [-0.05, 0) is 35.7 Å². The molecular formula is C13H15ClN2O2. The molecule has 5 heteroatoms. The second-order valence-electron chi connectivity index (χ2n) is 3.88. The lowest BCUT2D eigenvalue weighted by molar-refractivity contribution is 0.405. The van der Waals surface area contributed by atoms with Gasteiger partial charge in [-0.25, -0.2) is 0 Å². The second kappa shape index (κ2) is 5.91. The molecule has 18 heavy (non-hydrogen) atoms. The summed E-state index contributed by atoms with van der Waals surface area (Å²) in [6.45, 7) is 0. The fraction of sp³-hybridized carbons (Fsp3) is 0.231. The van der Waals surface area contributed by atoms with E-state index in [4.69, 9.17) is 26.6 Å². The number of para-hydroxylation sites is 1. The molecule has 0 aliphatic carbocycles. The molecule has 0 bridgehead atoms. The van der Waals surface area contributed by atoms with Crippen molar-refractivity contribution in [3.8, 4) is 5.75 Å². The van der Waals surface area contributed by atoms with Crippen molar-refractivity contribution in [3.63, 3.8) is 0 Å². The number of ether oxygens (including phenoxy) is 1. The number of hydrogen-bond donors (Lipinski definition) is 2. The summed E-state index contributed by atoms with van der Waals surface area (Å²) >= 11 is 5.96. The highest BCUT2D eigenvalue weighted by atomic mass is 35.5. The third-order valence-corrected chi connectivity index (χ3v) is 3.15. The predicted octanol–water partition coefficient (Wildman–Crippen LogP) is 2.69. The van der Waals surface area contributed by atoms with Gasteiger partial charge in [0.25, 0.3) is 0 Å². The van der Waals surface area contributed by atoms with Crippen LogP contribution in [0.1, 0.15) is 17.2 Å². The summed E-state index contributed by atoms with van der Waals surface area (Å²) in [4.78, 5) is 0. The van der Waals surface area contributed by atoms with Crippen molar-refractivity contribution in [1.82, 2.24) is 5.43 Å². The molecule has 1 atom stereocenters. The first-order valence-corrected chi connectivity index (χ1v) is 5.95. The Hall–Kier alpha value is -1.49. The van der Waals surface area contributed by atoms with Crippen LogP contribution in [0.5, 0.6) is 5.75 Å². The summed E-state index contributed by atoms with van der Waals surface area (Å²) in [5.41, 5.74) is 4.64. The number of nitrogens with one attached hydrogen (secondary N) is 1. The number of hydrogen-bond acceptors (Lipinski definition) is 4. The summed E-state index contributed by atoms with van der Waals surface area (Å²) in [7, 11) is 1.65. The predicted molar refractivity (Wildman–Crippen MR) is 70.5 cm³/mol. The van der Waals surface area contributed by atoms with E-state index in [0.29, 0.717) is 11.6 Å². The molecule has 0 radical (unpaired) electrons. The topological polar surface area (TPSA) is 60.4 Å². The molecule has 0 aliphatic rings. The fourth-order valence-electron chi connectivity index (χ4n) is 1.90. The number of halogens is 1. The molecule has 0 fully saturated rings. The Bertz CT molecular complexity index is 513. The Labute approximate surface area is 111 Å². The van der Waals surface area contributed by atoms with Gasteiger partial charge >= 0.3 is 0 Å². The van der Waals surface area contributed by atoms with E-state index in [9.17, 15) is 0 Å². The molecule has 0 saturated carbocycles. The number of benzene rings is 1. The maximum atomic E-state index is 5.96. The van der Waals surface area contributed by atoms with E-state index in [1.54, 1.807) is 13.4 Å². The van der Waals surface area contributed by atoms with Gasteiger partial charge in [0.15, 0.2) is 5.22 Å². The van der Waals surface area contributed by atoms with E-state index in [2.05, 4.69) is 5.43 Å². The van der Waals surface area contributed by atoms with Gasteiger partial charge in [-0.2, -0.15) is 0 Å². The molecule has 1 aromatic heterocycles. The minimum absolute atomic E-state index is 0.118. The molecule has 3 N–H and O–H groups in total. The number of methoxy groups -OCH3 is 1. The number of nitrogens with two attached hydrogens (primary N) is 1. The van der Waals surface area contributed by atoms with Crippen molar-refractivity contribution in [2.45, 2.75) is 12.5 Å². The third-order valence-electron chi connectivity index (χ3n) is 2.84. The zero-order chi connectivity index (χ0) is 13.0. The number of rotatable bonds is 5. The highest BCUT2D eigenvalue weighted by molar-refractivity contribution is 6.29. The van der Waals surface area contributed by atoms with Crippen LogP contribution >= 0.6 is 11.6 Å². The van der Waals surface area contributed by atoms with Gasteiger partial charge in [0, 0.05) is 5.56 Å². The van der Waals surface area contributed by atoms with E-state index < -0.39 is 0 Å². The fourth-order valence-corrected chi connectivity index (χ4v) is 2.15. The molecule has 0 aliphatic heterocycles. The van der Waals surface area contributed by atoms with Crippen LogP contribution in [0.4, 0.5) is 0 Å². The normalized spacial score (nSPS) is 12.4. The minimum atomic E-state index is -0.118. The summed E-state index contributed by atoms with van der Waals surface area (Å²) in [6.07, 6.45) is 2.21. The maximum absolute atomic E-state index is 5.96. The first kappa shape index (κ1) is 13.0. The maximum Gasteiger partial charge on any atom is 0.197 e. The molecular weight excluding hydrogens is 252 g/mol. The van der Waals surface area contributed by atoms with Crippen molar-refractivity contribution >= 4 is 11.6 Å². The third kappa shape index (κ3) is 2.67. The van der Waals surface area contributed by atoms with Crippen LogP contribution in [0.25, 0.3) is 0 Å². The highest BCUT2D eigenvalue weighted by Crippen LogP contribution is 2.29. The van der Waals surface area contributed by atoms with E-state index in [1.807, 2.05) is 30.3 Å². The zero-order valence-corrected chi connectivity index (χ0v) is 10.8. The first-order valence-electron chi connectivity index (χ1n) is 5.57. The highest BCUT2D eigenvalue weighted by Gasteiger charge is 2.17. The number of furan rings is 1. The second-order valence-corrected chi connectivity index (χ2v) is 4.23. The van der Waals surface area contributed by atoms with Crippen LogP contribution in [0.2, 0.25) is 5.22 Å². The van der Waals surface area contributed by atoms with Gasteiger partial charge in [0.2, 0.25) is 0 Å². The zero-order valence-electron chi connectivity index (χ0n) is 10.0. The summed E-state index contributed by atoms with van der Waals surface area (Å²) in [6, 6.07) is 9.49. The van der Waals surface area contributed by atoms with Crippen LogP contribution in [0, 0.1) is 0 Å². The van der Waals surface area contributed by atoms with Crippen LogP contribution < -0.4 is 16.0 Å². The van der Waals surface area contributed by atoms with E-state index in [0.717, 1.165) is 16.9 Å². The van der Waals surface area contributed by atoms with Crippen molar-refractivity contribution in [3.05, 3.63) is 52.9 Å². The molecule has 1 heterocycles. The van der Waals surface area contributed by atoms with Crippen molar-refractivity contribution < 1.29 is 9.15 Å². The lowest BCUT2D eigenvalue weighted by atomic mass is 10.0. The smallest absolute Gasteiger partial charge is 0.197 e. The SMILES string of the molecule is COc1ccccc1CC(NN)c1ccoc1Cl. The van der Waals surface area contributed by atoms with Crippen LogP contribution in [0.15, 0.2) is 41.0 Å². The van der Waals surface area contributed by atoms with E-state index in [-0.39, 0.29) is 6.04 Å². The van der Waals surface area contributed by atoms with Gasteiger partial charge in [-0.15, -0.1) is 0 Å². The molecule has 2 rings (SSSR count). The molecule has 2 aromatic rings. The Morgan fingerprint density at radius 1 is 1.39 bits per heavy atom. The van der Waals surface area contributed by atoms with Gasteiger partial charge in [0.05, 0.1) is 19.4 Å². The van der Waals surface area contributed by atoms with Crippen LogP contribution in [0.3, 0.4) is 0 Å². The Kier molecular flexibility index (Phi) is 4.25. The van der Waals surface area contributed by atoms with Gasteiger partial charge in [-0.3, -0.25) is 11.3 Å². The summed E-state index contributed by atoms with van der Waals surface area (Å²) < 4.78 is 10.4. The molecule has 96 valence electrons. The largest absolute Gasteiger partial charge is 0.496 e. The van der Waals surface area contributed by atoms with Crippen LogP contribution in [-0.2, 0) is 6.42 Å². The summed E-state index contributed by atoms with van der Waals surface area (Å²) in [5, 5.41) is 0.354. The lowest BCUT2D eigenvalue weighted by Gasteiger charge is -2.16. The minimum Gasteiger partial charge on any atom is -0.496 e. The standard InChI is InChI=1S/C13H15ClN2O2/c1-17-12-5-3-2-4-9(12)8-11(16-15)10-6-7-18-13(10)14/h2-7,11,16H,8,15H2,1H3. The van der Waals surface area contributed by atoms with E-state index in [1.165, 1.54) is 0 Å². The van der Waals surface area contributed by atoms with Crippen molar-refractivity contribution in [2.24, 2.45) is 5.84 Å². The quantitative estimate of drug-likeness (QED) is 0.645. The molecule has 4 nitrogen and oxygen atoms in total. The van der Waals surface area contributed by atoms with Crippen molar-refractivity contribution in [2.75, 3.05) is 7.11 Å². The average Bonchev–Trinajstić information content (AvgIpc) is 2.82. The molecule has 0 spiro atoms.